The molecule has 1 saturated heterocycles. The van der Waals surface area contributed by atoms with Crippen LogP contribution in [0.5, 0.6) is 0 Å². The van der Waals surface area contributed by atoms with Crippen LogP contribution in [0.1, 0.15) is 44.4 Å². The summed E-state index contributed by atoms with van der Waals surface area (Å²) in [4.78, 5) is 45.4. The van der Waals surface area contributed by atoms with Crippen LogP contribution in [0.3, 0.4) is 0 Å². The van der Waals surface area contributed by atoms with Gasteiger partial charge in [0.2, 0.25) is 11.8 Å². The van der Waals surface area contributed by atoms with Crippen LogP contribution in [0.2, 0.25) is 0 Å². The fourth-order valence-corrected chi connectivity index (χ4v) is 5.26. The van der Waals surface area contributed by atoms with Gasteiger partial charge in [0.1, 0.15) is 12.1 Å². The summed E-state index contributed by atoms with van der Waals surface area (Å²) in [6.45, 7) is 5.41. The molecule has 2 heterocycles. The van der Waals surface area contributed by atoms with E-state index in [2.05, 4.69) is 28.2 Å². The molecule has 3 amide bonds. The average Bonchev–Trinajstić information content (AvgIpc) is 3.23. The average molecular weight is 535 g/mol. The van der Waals surface area contributed by atoms with Crippen LogP contribution in [0.15, 0.2) is 29.8 Å². The molecule has 2 fully saturated rings. The Hall–Kier alpha value is -2.50. The molecule has 1 aliphatic carbocycles. The lowest BCUT2D eigenvalue weighted by Gasteiger charge is -2.35. The first kappa shape index (κ1) is 26.6. The van der Waals surface area contributed by atoms with Crippen LogP contribution in [0.25, 0.3) is 10.4 Å². The topological polar surface area (TPSA) is 112 Å². The Bertz CT molecular complexity index is 1140. The predicted molar refractivity (Wildman–Crippen MR) is 138 cm³/mol. The maximum absolute atomic E-state index is 14.3. The number of thiol groups is 1. The number of hydrogen-bond donors (Lipinski definition) is 4. The summed E-state index contributed by atoms with van der Waals surface area (Å²) in [7, 11) is 0. The number of aryl methyl sites for hydroxylation is 1. The van der Waals surface area contributed by atoms with Gasteiger partial charge in [-0.2, -0.15) is 12.6 Å². The van der Waals surface area contributed by atoms with E-state index in [-0.39, 0.29) is 32.4 Å². The third-order valence-corrected chi connectivity index (χ3v) is 7.85. The number of alkyl halides is 1. The number of benzene rings is 1. The van der Waals surface area contributed by atoms with Crippen molar-refractivity contribution in [2.24, 2.45) is 0 Å². The van der Waals surface area contributed by atoms with E-state index in [9.17, 15) is 23.9 Å². The molecular formula is C25H31FN4O4S2. The van der Waals surface area contributed by atoms with Gasteiger partial charge in [0, 0.05) is 24.3 Å². The Morgan fingerprint density at radius 2 is 1.97 bits per heavy atom. The lowest BCUT2D eigenvalue weighted by Crippen LogP contribution is -2.60. The monoisotopic (exact) mass is 534 g/mol. The number of nitrogens with zero attached hydrogens (tertiary/aromatic N) is 2. The number of carbonyl (C=O) groups excluding carboxylic acids is 3. The van der Waals surface area contributed by atoms with Gasteiger partial charge in [-0.3, -0.25) is 14.4 Å². The number of thiazole rings is 1. The number of nitrogens with one attached hydrogen (secondary N) is 2. The maximum Gasteiger partial charge on any atom is 0.258 e. The normalized spacial score (nSPS) is 21.7. The Balaban J connectivity index is 1.42. The molecule has 36 heavy (non-hydrogen) atoms. The van der Waals surface area contributed by atoms with Gasteiger partial charge < -0.3 is 20.6 Å². The van der Waals surface area contributed by atoms with Crippen molar-refractivity contribution in [3.05, 3.63) is 41.0 Å². The molecule has 11 heteroatoms. The van der Waals surface area contributed by atoms with Gasteiger partial charge in [-0.1, -0.05) is 24.3 Å². The molecule has 2 aromatic rings. The number of amides is 3. The van der Waals surface area contributed by atoms with Crippen molar-refractivity contribution < 1.29 is 23.9 Å². The van der Waals surface area contributed by atoms with Crippen molar-refractivity contribution in [3.8, 4) is 10.4 Å². The number of β-amino-alcohol motifs (C(OH)–C–C–N with tert-alkyl or cyclic N) is 1. The third kappa shape index (κ3) is 5.73. The summed E-state index contributed by atoms with van der Waals surface area (Å²) in [6, 6.07) is 5.70. The van der Waals surface area contributed by atoms with Crippen molar-refractivity contribution >= 4 is 41.7 Å². The van der Waals surface area contributed by atoms with Gasteiger partial charge in [-0.05, 0) is 44.7 Å². The molecular weight excluding hydrogens is 503 g/mol. The van der Waals surface area contributed by atoms with Gasteiger partial charge in [0.05, 0.1) is 22.2 Å². The lowest BCUT2D eigenvalue weighted by molar-refractivity contribution is -0.143. The molecule has 1 aromatic heterocycles. The number of aromatic nitrogens is 1. The van der Waals surface area contributed by atoms with E-state index in [1.165, 1.54) is 4.90 Å². The second-order valence-corrected chi connectivity index (χ2v) is 12.1. The molecule has 2 aliphatic rings. The smallest absolute Gasteiger partial charge is 0.258 e. The fourth-order valence-electron chi connectivity index (χ4n) is 4.27. The van der Waals surface area contributed by atoms with Crippen LogP contribution >= 0.6 is 24.0 Å². The minimum Gasteiger partial charge on any atom is -0.391 e. The molecule has 0 spiro atoms. The Labute approximate surface area is 219 Å². The predicted octanol–water partition coefficient (Wildman–Crippen LogP) is 2.39. The van der Waals surface area contributed by atoms with E-state index in [1.54, 1.807) is 30.7 Å². The zero-order chi connectivity index (χ0) is 26.3. The van der Waals surface area contributed by atoms with E-state index in [0.717, 1.165) is 21.7 Å². The molecule has 8 nitrogen and oxygen atoms in total. The molecule has 3 N–H and O–H groups in total. The number of carbonyl (C=O) groups is 3. The van der Waals surface area contributed by atoms with E-state index < -0.39 is 46.3 Å². The van der Waals surface area contributed by atoms with E-state index in [1.807, 2.05) is 31.2 Å². The molecule has 4 rings (SSSR count). The SMILES string of the molecule is Cc1ncsc1-c1ccc(CNC(=O)C2C[C@H](O)CN2C(=O)[C@@H](NC(=O)C2(F)CC2)C(C)(C)S)cc1. The Morgan fingerprint density at radius 1 is 1.31 bits per heavy atom. The first-order valence-electron chi connectivity index (χ1n) is 11.9. The molecule has 1 aliphatic heterocycles. The minimum absolute atomic E-state index is 0.0587. The summed E-state index contributed by atoms with van der Waals surface area (Å²) >= 11 is 6.02. The molecule has 1 saturated carbocycles. The number of hydrogen-bond acceptors (Lipinski definition) is 7. The summed E-state index contributed by atoms with van der Waals surface area (Å²) in [5.74, 6) is -1.83. The van der Waals surface area contributed by atoms with Crippen molar-refractivity contribution in [2.45, 2.75) is 75.2 Å². The molecule has 1 aromatic carbocycles. The van der Waals surface area contributed by atoms with E-state index in [4.69, 9.17) is 0 Å². The third-order valence-electron chi connectivity index (χ3n) is 6.62. The highest BCUT2D eigenvalue weighted by Gasteiger charge is 2.53. The summed E-state index contributed by atoms with van der Waals surface area (Å²) in [5, 5.41) is 15.6. The highest BCUT2D eigenvalue weighted by atomic mass is 32.1. The van der Waals surface area contributed by atoms with Gasteiger partial charge in [0.25, 0.3) is 5.91 Å². The molecule has 194 valence electrons. The first-order valence-corrected chi connectivity index (χ1v) is 13.2. The zero-order valence-corrected chi connectivity index (χ0v) is 22.2. The quantitative estimate of drug-likeness (QED) is 0.389. The highest BCUT2D eigenvalue weighted by molar-refractivity contribution is 7.81. The van der Waals surface area contributed by atoms with Gasteiger partial charge in [-0.15, -0.1) is 11.3 Å². The minimum atomic E-state index is -1.95. The van der Waals surface area contributed by atoms with Crippen LogP contribution < -0.4 is 10.6 Å². The first-order chi connectivity index (χ1) is 16.9. The number of halogens is 1. The van der Waals surface area contributed by atoms with Crippen molar-refractivity contribution in [1.82, 2.24) is 20.5 Å². The number of aliphatic hydroxyl groups excluding tert-OH is 1. The highest BCUT2D eigenvalue weighted by Crippen LogP contribution is 2.40. The van der Waals surface area contributed by atoms with E-state index >= 15 is 0 Å². The number of aliphatic hydroxyl groups is 1. The molecule has 0 bridgehead atoms. The van der Waals surface area contributed by atoms with Crippen LogP contribution in [-0.4, -0.2) is 67.9 Å². The largest absolute Gasteiger partial charge is 0.391 e. The summed E-state index contributed by atoms with van der Waals surface area (Å²) < 4.78 is 13.2. The zero-order valence-electron chi connectivity index (χ0n) is 20.5. The Morgan fingerprint density at radius 3 is 2.53 bits per heavy atom. The summed E-state index contributed by atoms with van der Waals surface area (Å²) in [6.07, 6.45) is -0.584. The second kappa shape index (κ2) is 10.1. The fraction of sp³-hybridized carbons (Fsp3) is 0.520. The van der Waals surface area contributed by atoms with Gasteiger partial charge in [-0.25, -0.2) is 9.37 Å². The van der Waals surface area contributed by atoms with Crippen LogP contribution in [0, 0.1) is 6.92 Å². The number of likely N-dealkylation sites (tertiary alicyclic amines) is 1. The van der Waals surface area contributed by atoms with E-state index in [0.29, 0.717) is 0 Å². The standard InChI is InChI=1S/C25H31FN4O4S2/c1-14-19(36-13-28-14)16-6-4-15(5-7-16)11-27-21(32)18-10-17(31)12-30(18)22(33)20(24(2,3)35)29-23(34)25(26)8-9-25/h4-7,13,17-18,20,31,35H,8-12H2,1-3H3,(H,27,32)(H,29,34)/t17-,18?,20+/m0/s1. The van der Waals surface area contributed by atoms with Crippen LogP contribution in [0.4, 0.5) is 4.39 Å². The number of rotatable bonds is 8. The Kier molecular flexibility index (Phi) is 7.45. The summed E-state index contributed by atoms with van der Waals surface area (Å²) in [5.41, 5.74) is 2.74. The van der Waals surface area contributed by atoms with Gasteiger partial charge in [0.15, 0.2) is 5.67 Å². The van der Waals surface area contributed by atoms with Crippen molar-refractivity contribution in [2.75, 3.05) is 6.54 Å². The lowest BCUT2D eigenvalue weighted by atomic mass is 10.0. The van der Waals surface area contributed by atoms with Crippen molar-refractivity contribution in [1.29, 1.82) is 0 Å². The van der Waals surface area contributed by atoms with Gasteiger partial charge >= 0.3 is 0 Å². The van der Waals surface area contributed by atoms with Crippen molar-refractivity contribution in [3.63, 3.8) is 0 Å². The second-order valence-electron chi connectivity index (χ2n) is 10.1. The molecule has 1 unspecified atom stereocenters. The maximum atomic E-state index is 14.3. The molecule has 0 radical (unpaired) electrons. The van der Waals surface area contributed by atoms with Crippen LogP contribution in [-0.2, 0) is 20.9 Å². The molecule has 3 atom stereocenters.